The van der Waals surface area contributed by atoms with E-state index in [1.165, 1.54) is 10.6 Å². The number of aromatic nitrogens is 4. The van der Waals surface area contributed by atoms with Gasteiger partial charge < -0.3 is 9.47 Å². The highest BCUT2D eigenvalue weighted by atomic mass is 32.2. The third-order valence-corrected chi connectivity index (χ3v) is 7.68. The van der Waals surface area contributed by atoms with Crippen molar-refractivity contribution in [2.75, 3.05) is 31.1 Å². The predicted octanol–water partition coefficient (Wildman–Crippen LogP) is 1.54. The summed E-state index contributed by atoms with van der Waals surface area (Å²) in [6.45, 7) is 2.12. The second kappa shape index (κ2) is 6.95. The molecule has 8 nitrogen and oxygen atoms in total. The minimum atomic E-state index is -3.66. The van der Waals surface area contributed by atoms with Crippen molar-refractivity contribution >= 4 is 27.0 Å². The lowest BCUT2D eigenvalue weighted by atomic mass is 10.0. The molecule has 1 aromatic carbocycles. The number of imidazole rings is 1. The number of fused-ring (bicyclic) bond motifs is 2. The van der Waals surface area contributed by atoms with Crippen LogP contribution in [0.25, 0.3) is 11.2 Å². The van der Waals surface area contributed by atoms with Crippen molar-refractivity contribution in [1.29, 1.82) is 0 Å². The van der Waals surface area contributed by atoms with Crippen LogP contribution in [0.1, 0.15) is 5.56 Å². The van der Waals surface area contributed by atoms with Crippen LogP contribution >= 0.6 is 0 Å². The van der Waals surface area contributed by atoms with Gasteiger partial charge >= 0.3 is 0 Å². The van der Waals surface area contributed by atoms with E-state index in [4.69, 9.17) is 0 Å². The summed E-state index contributed by atoms with van der Waals surface area (Å²) in [5, 5.41) is 0. The molecule has 0 aliphatic carbocycles. The predicted molar refractivity (Wildman–Crippen MR) is 106 cm³/mol. The first-order valence-corrected chi connectivity index (χ1v) is 11.2. The molecule has 2 saturated heterocycles. The molecule has 2 fully saturated rings. The molecule has 2 unspecified atom stereocenters. The Hall–Kier alpha value is -2.66. The lowest BCUT2D eigenvalue weighted by molar-refractivity contribution is 0.452. The van der Waals surface area contributed by atoms with Gasteiger partial charge in [-0.1, -0.05) is 0 Å². The Balaban J connectivity index is 1.30. The van der Waals surface area contributed by atoms with E-state index in [-0.39, 0.29) is 17.4 Å². The number of benzene rings is 1. The average molecular weight is 434 g/mol. The highest BCUT2D eigenvalue weighted by Crippen LogP contribution is 2.36. The van der Waals surface area contributed by atoms with Crippen molar-refractivity contribution < 1.29 is 17.2 Å². The third-order valence-electron chi connectivity index (χ3n) is 5.89. The zero-order valence-electron chi connectivity index (χ0n) is 16.2. The van der Waals surface area contributed by atoms with E-state index in [1.54, 1.807) is 6.33 Å². The van der Waals surface area contributed by atoms with Crippen LogP contribution in [0.4, 0.5) is 14.6 Å². The molecule has 5 rings (SSSR count). The van der Waals surface area contributed by atoms with Gasteiger partial charge in [-0.3, -0.25) is 0 Å². The normalized spacial score (nSPS) is 22.2. The Labute approximate surface area is 172 Å². The minimum Gasteiger partial charge on any atom is -0.354 e. The number of hydrogen-bond acceptors (Lipinski definition) is 6. The lowest BCUT2D eigenvalue weighted by Gasteiger charge is -2.22. The van der Waals surface area contributed by atoms with Crippen LogP contribution in [0, 0.1) is 23.5 Å². The van der Waals surface area contributed by atoms with Gasteiger partial charge in [-0.15, -0.1) is 0 Å². The van der Waals surface area contributed by atoms with Crippen molar-refractivity contribution in [3.63, 3.8) is 0 Å². The number of hydrogen-bond donors (Lipinski definition) is 0. The molecule has 4 heterocycles. The van der Waals surface area contributed by atoms with Gasteiger partial charge in [-0.05, 0) is 29.5 Å². The summed E-state index contributed by atoms with van der Waals surface area (Å²) in [4.78, 5) is 15.2. The molecule has 2 aliphatic rings. The standard InChI is InChI=1S/C19H20F2N6O2S/c1-25-11-24-17-18(25)22-10-23-19(17)26-5-13-7-27(8-14(13)6-26)30(28,29)9-12-2-15(20)4-16(21)3-12/h2-4,10-11,13-14H,5-9H2,1H3. The van der Waals surface area contributed by atoms with Crippen LogP contribution in [-0.4, -0.2) is 58.4 Å². The summed E-state index contributed by atoms with van der Waals surface area (Å²) in [5.41, 5.74) is 1.60. The Morgan fingerprint density at radius 1 is 1.00 bits per heavy atom. The lowest BCUT2D eigenvalue weighted by Crippen LogP contribution is -2.34. The monoisotopic (exact) mass is 434 g/mol. The maximum atomic E-state index is 13.4. The molecule has 0 spiro atoms. The van der Waals surface area contributed by atoms with Crippen molar-refractivity contribution in [3.8, 4) is 0 Å². The molecule has 2 atom stereocenters. The fraction of sp³-hybridized carbons (Fsp3) is 0.421. The Kier molecular flexibility index (Phi) is 4.47. The van der Waals surface area contributed by atoms with Crippen LogP contribution < -0.4 is 4.90 Å². The molecule has 3 aromatic rings. The molecular formula is C19H20F2N6O2S. The topological polar surface area (TPSA) is 84.2 Å². The smallest absolute Gasteiger partial charge is 0.218 e. The van der Waals surface area contributed by atoms with Crippen LogP contribution in [-0.2, 0) is 22.8 Å². The van der Waals surface area contributed by atoms with Gasteiger partial charge in [0.15, 0.2) is 17.0 Å². The van der Waals surface area contributed by atoms with Crippen LogP contribution in [0.2, 0.25) is 0 Å². The van der Waals surface area contributed by atoms with Crippen molar-refractivity contribution in [1.82, 2.24) is 23.8 Å². The fourth-order valence-electron chi connectivity index (χ4n) is 4.51. The van der Waals surface area contributed by atoms with Gasteiger partial charge in [0.1, 0.15) is 18.0 Å². The third kappa shape index (κ3) is 3.31. The highest BCUT2D eigenvalue weighted by molar-refractivity contribution is 7.88. The summed E-state index contributed by atoms with van der Waals surface area (Å²) in [6, 6.07) is 2.86. The van der Waals surface area contributed by atoms with E-state index >= 15 is 0 Å². The van der Waals surface area contributed by atoms with Crippen LogP contribution in [0.3, 0.4) is 0 Å². The fourth-order valence-corrected chi connectivity index (χ4v) is 6.12. The van der Waals surface area contributed by atoms with E-state index < -0.39 is 27.4 Å². The second-order valence-electron chi connectivity index (χ2n) is 8.00. The van der Waals surface area contributed by atoms with Crippen molar-refractivity contribution in [3.05, 3.63) is 48.1 Å². The Morgan fingerprint density at radius 3 is 2.33 bits per heavy atom. The number of aryl methyl sites for hydroxylation is 1. The Bertz CT molecular complexity index is 1200. The number of nitrogens with zero attached hydrogens (tertiary/aromatic N) is 6. The van der Waals surface area contributed by atoms with E-state index in [0.717, 1.165) is 35.2 Å². The van der Waals surface area contributed by atoms with Crippen molar-refractivity contribution in [2.24, 2.45) is 18.9 Å². The number of anilines is 1. The van der Waals surface area contributed by atoms with Gasteiger partial charge in [0.05, 0.1) is 12.1 Å². The van der Waals surface area contributed by atoms with Gasteiger partial charge in [0.2, 0.25) is 10.0 Å². The van der Waals surface area contributed by atoms with Crippen LogP contribution in [0.15, 0.2) is 30.9 Å². The molecule has 0 saturated carbocycles. The first-order valence-electron chi connectivity index (χ1n) is 9.60. The van der Waals surface area contributed by atoms with E-state index in [1.807, 2.05) is 11.6 Å². The zero-order valence-corrected chi connectivity index (χ0v) is 17.1. The maximum Gasteiger partial charge on any atom is 0.218 e. The molecule has 2 aromatic heterocycles. The maximum absolute atomic E-state index is 13.4. The van der Waals surface area contributed by atoms with Gasteiger partial charge in [-0.25, -0.2) is 36.5 Å². The molecule has 0 radical (unpaired) electrons. The molecular weight excluding hydrogens is 414 g/mol. The zero-order chi connectivity index (χ0) is 21.0. The first kappa shape index (κ1) is 19.3. The quantitative estimate of drug-likeness (QED) is 0.620. The summed E-state index contributed by atoms with van der Waals surface area (Å²) >= 11 is 0. The van der Waals surface area contributed by atoms with Crippen LogP contribution in [0.5, 0.6) is 0 Å². The average Bonchev–Trinajstić information content (AvgIpc) is 3.34. The van der Waals surface area contributed by atoms with E-state index in [0.29, 0.717) is 26.2 Å². The summed E-state index contributed by atoms with van der Waals surface area (Å²) < 4.78 is 55.7. The molecule has 2 aliphatic heterocycles. The van der Waals surface area contributed by atoms with E-state index in [9.17, 15) is 17.2 Å². The summed E-state index contributed by atoms with van der Waals surface area (Å²) in [5.74, 6) is -0.875. The van der Waals surface area contributed by atoms with Gasteiger partial charge in [-0.2, -0.15) is 0 Å². The second-order valence-corrected chi connectivity index (χ2v) is 9.97. The molecule has 30 heavy (non-hydrogen) atoms. The highest BCUT2D eigenvalue weighted by Gasteiger charge is 2.44. The van der Waals surface area contributed by atoms with Gasteiger partial charge in [0, 0.05) is 39.3 Å². The van der Waals surface area contributed by atoms with Gasteiger partial charge in [0.25, 0.3) is 0 Å². The van der Waals surface area contributed by atoms with Crippen molar-refractivity contribution in [2.45, 2.75) is 5.75 Å². The SMILES string of the molecule is Cn1cnc2c(N3CC4CN(S(=O)(=O)Cc5cc(F)cc(F)c5)CC4C3)ncnc21. The molecule has 0 amide bonds. The number of sulfonamides is 1. The number of rotatable bonds is 4. The molecule has 11 heteroatoms. The first-order chi connectivity index (χ1) is 14.3. The largest absolute Gasteiger partial charge is 0.354 e. The van der Waals surface area contributed by atoms with E-state index in [2.05, 4.69) is 19.9 Å². The number of halogens is 2. The molecule has 0 bridgehead atoms. The summed E-state index contributed by atoms with van der Waals surface area (Å²) in [6.07, 6.45) is 3.21. The Morgan fingerprint density at radius 2 is 1.67 bits per heavy atom. The minimum absolute atomic E-state index is 0.115. The molecule has 158 valence electrons. The molecule has 0 N–H and O–H groups in total. The summed E-state index contributed by atoms with van der Waals surface area (Å²) in [7, 11) is -1.79.